The first-order valence-corrected chi connectivity index (χ1v) is 7.49. The lowest BCUT2D eigenvalue weighted by molar-refractivity contribution is 0.594. The summed E-state index contributed by atoms with van der Waals surface area (Å²) in [5.74, 6) is 0. The second-order valence-electron chi connectivity index (χ2n) is 4.29. The van der Waals surface area contributed by atoms with Gasteiger partial charge in [0.1, 0.15) is 0 Å². The molecule has 2 rings (SSSR count). The molecule has 0 saturated carbocycles. The molecule has 0 saturated heterocycles. The third kappa shape index (κ3) is 2.81. The van der Waals surface area contributed by atoms with Crippen molar-refractivity contribution in [3.63, 3.8) is 0 Å². The summed E-state index contributed by atoms with van der Waals surface area (Å²) in [4.78, 5) is 0.253. The van der Waals surface area contributed by atoms with E-state index in [-0.39, 0.29) is 4.90 Å². The lowest BCUT2D eigenvalue weighted by Gasteiger charge is -2.19. The van der Waals surface area contributed by atoms with Gasteiger partial charge in [-0.25, -0.2) is 8.42 Å². The molecule has 0 N–H and O–H groups in total. The van der Waals surface area contributed by atoms with Crippen molar-refractivity contribution >= 4 is 15.7 Å². The van der Waals surface area contributed by atoms with E-state index >= 15 is 0 Å². The van der Waals surface area contributed by atoms with E-state index in [0.29, 0.717) is 12.1 Å². The van der Waals surface area contributed by atoms with Crippen LogP contribution >= 0.6 is 0 Å². The zero-order valence-corrected chi connectivity index (χ0v) is 11.8. The van der Waals surface area contributed by atoms with Crippen LogP contribution in [0.25, 0.3) is 0 Å². The normalized spacial score (nSPS) is 10.8. The van der Waals surface area contributed by atoms with Crippen LogP contribution in [0.1, 0.15) is 5.56 Å². The number of nitrogens with zero attached hydrogens (tertiary/aromatic N) is 2. The Bertz CT molecular complexity index is 717. The molecule has 0 spiro atoms. The van der Waals surface area contributed by atoms with Gasteiger partial charge < -0.3 is 0 Å². The molecule has 0 heterocycles. The molecule has 20 heavy (non-hydrogen) atoms. The number of sulfonamides is 1. The lowest BCUT2D eigenvalue weighted by atomic mass is 10.1. The Morgan fingerprint density at radius 3 is 2.20 bits per heavy atom. The molecule has 0 aliphatic rings. The van der Waals surface area contributed by atoms with Crippen molar-refractivity contribution in [3.8, 4) is 6.07 Å². The minimum Gasteiger partial charge on any atom is -0.269 e. The summed E-state index contributed by atoms with van der Waals surface area (Å²) in [5, 5.41) is 8.62. The molecule has 102 valence electrons. The van der Waals surface area contributed by atoms with Crippen molar-refractivity contribution in [1.82, 2.24) is 0 Å². The minimum absolute atomic E-state index is 0.253. The van der Waals surface area contributed by atoms with E-state index < -0.39 is 10.0 Å². The van der Waals surface area contributed by atoms with Crippen molar-refractivity contribution in [2.45, 2.75) is 11.3 Å². The fourth-order valence-corrected chi connectivity index (χ4v) is 3.02. The van der Waals surface area contributed by atoms with E-state index in [1.54, 1.807) is 54.6 Å². The van der Waals surface area contributed by atoms with Crippen LogP contribution in [-0.2, 0) is 16.4 Å². The number of anilines is 1. The lowest BCUT2D eigenvalue weighted by Crippen LogP contribution is -2.26. The van der Waals surface area contributed by atoms with Crippen LogP contribution in [0.3, 0.4) is 0 Å². The summed E-state index contributed by atoms with van der Waals surface area (Å²) in [6.07, 6.45) is 0.315. The number of hydrogen-bond donors (Lipinski definition) is 0. The maximum absolute atomic E-state index is 12.4. The van der Waals surface area contributed by atoms with Crippen LogP contribution in [0.2, 0.25) is 0 Å². The summed E-state index contributed by atoms with van der Waals surface area (Å²) in [6, 6.07) is 17.3. The molecule has 0 fully saturated rings. The largest absolute Gasteiger partial charge is 0.269 e. The molecule has 0 aromatic heterocycles. The van der Waals surface area contributed by atoms with Gasteiger partial charge in [-0.2, -0.15) is 5.26 Å². The van der Waals surface area contributed by atoms with Gasteiger partial charge in [-0.3, -0.25) is 4.31 Å². The van der Waals surface area contributed by atoms with E-state index in [4.69, 9.17) is 5.26 Å². The van der Waals surface area contributed by atoms with Crippen molar-refractivity contribution in [2.75, 3.05) is 11.4 Å². The smallest absolute Gasteiger partial charge is 0.264 e. The van der Waals surface area contributed by atoms with Gasteiger partial charge in [0, 0.05) is 7.05 Å². The zero-order valence-electron chi connectivity index (χ0n) is 11.0. The van der Waals surface area contributed by atoms with Crippen molar-refractivity contribution in [1.29, 1.82) is 5.26 Å². The summed E-state index contributed by atoms with van der Waals surface area (Å²) in [5.41, 5.74) is 1.43. The Hall–Kier alpha value is -2.32. The third-order valence-corrected chi connectivity index (χ3v) is 4.78. The summed E-state index contributed by atoms with van der Waals surface area (Å²) >= 11 is 0. The maximum atomic E-state index is 12.4. The molecule has 0 bridgehead atoms. The first kappa shape index (κ1) is 14.1. The second kappa shape index (κ2) is 5.76. The van der Waals surface area contributed by atoms with Crippen molar-refractivity contribution < 1.29 is 8.42 Å². The molecule has 0 radical (unpaired) electrons. The van der Waals surface area contributed by atoms with Crippen LogP contribution in [0.5, 0.6) is 0 Å². The highest BCUT2D eigenvalue weighted by Gasteiger charge is 2.20. The van der Waals surface area contributed by atoms with Gasteiger partial charge in [-0.1, -0.05) is 30.3 Å². The molecule has 0 aliphatic carbocycles. The van der Waals surface area contributed by atoms with Gasteiger partial charge in [0.05, 0.1) is 23.1 Å². The van der Waals surface area contributed by atoms with Gasteiger partial charge in [-0.15, -0.1) is 0 Å². The number of benzene rings is 2. The fraction of sp³-hybridized carbons (Fsp3) is 0.133. The van der Waals surface area contributed by atoms with Crippen LogP contribution in [0.15, 0.2) is 59.5 Å². The van der Waals surface area contributed by atoms with Crippen molar-refractivity contribution in [2.24, 2.45) is 0 Å². The van der Waals surface area contributed by atoms with Crippen LogP contribution in [0, 0.1) is 11.3 Å². The van der Waals surface area contributed by atoms with Gasteiger partial charge in [0.25, 0.3) is 10.0 Å². The highest BCUT2D eigenvalue weighted by atomic mass is 32.2. The fourth-order valence-electron chi connectivity index (χ4n) is 1.80. The van der Waals surface area contributed by atoms with E-state index in [1.165, 1.54) is 11.4 Å². The minimum atomic E-state index is -3.55. The van der Waals surface area contributed by atoms with Gasteiger partial charge in [0.15, 0.2) is 0 Å². The van der Waals surface area contributed by atoms with Crippen molar-refractivity contribution in [3.05, 3.63) is 60.2 Å². The molecule has 2 aromatic rings. The van der Waals surface area contributed by atoms with E-state index in [9.17, 15) is 8.42 Å². The molecule has 0 aliphatic heterocycles. The average molecular weight is 286 g/mol. The van der Waals surface area contributed by atoms with E-state index in [2.05, 4.69) is 6.07 Å². The molecule has 4 nitrogen and oxygen atoms in total. The molecule has 0 unspecified atom stereocenters. The second-order valence-corrected chi connectivity index (χ2v) is 6.26. The maximum Gasteiger partial charge on any atom is 0.264 e. The van der Waals surface area contributed by atoms with E-state index in [1.807, 2.05) is 0 Å². The number of nitriles is 1. The monoisotopic (exact) mass is 286 g/mol. The SMILES string of the molecule is CN(c1ccc(CC#N)cc1)S(=O)(=O)c1ccccc1. The predicted molar refractivity (Wildman–Crippen MR) is 77.8 cm³/mol. The summed E-state index contributed by atoms with van der Waals surface area (Å²) < 4.78 is 26.1. The zero-order chi connectivity index (χ0) is 14.6. The van der Waals surface area contributed by atoms with Gasteiger partial charge >= 0.3 is 0 Å². The highest BCUT2D eigenvalue weighted by molar-refractivity contribution is 7.92. The van der Waals surface area contributed by atoms with Gasteiger partial charge in [-0.05, 0) is 29.8 Å². The van der Waals surface area contributed by atoms with Crippen LogP contribution < -0.4 is 4.31 Å². The quantitative estimate of drug-likeness (QED) is 0.868. The third-order valence-electron chi connectivity index (χ3n) is 2.98. The van der Waals surface area contributed by atoms with Gasteiger partial charge in [0.2, 0.25) is 0 Å². The van der Waals surface area contributed by atoms with Crippen LogP contribution in [0.4, 0.5) is 5.69 Å². The average Bonchev–Trinajstić information content (AvgIpc) is 2.48. The predicted octanol–water partition coefficient (Wildman–Crippen LogP) is 2.58. The Labute approximate surface area is 118 Å². The highest BCUT2D eigenvalue weighted by Crippen LogP contribution is 2.22. The summed E-state index contributed by atoms with van der Waals surface area (Å²) in [6.45, 7) is 0. The Morgan fingerprint density at radius 2 is 1.65 bits per heavy atom. The molecule has 0 atom stereocenters. The Kier molecular flexibility index (Phi) is 4.06. The first-order valence-electron chi connectivity index (χ1n) is 6.05. The number of rotatable bonds is 4. The molecule has 2 aromatic carbocycles. The number of hydrogen-bond acceptors (Lipinski definition) is 3. The first-order chi connectivity index (χ1) is 9.55. The standard InChI is InChI=1S/C15H14N2O2S/c1-17(14-9-7-13(8-10-14)11-12-16)20(18,19)15-5-3-2-4-6-15/h2-10H,11H2,1H3. The molecule has 0 amide bonds. The molecular formula is C15H14N2O2S. The summed E-state index contributed by atoms with van der Waals surface area (Å²) in [7, 11) is -2.03. The van der Waals surface area contributed by atoms with Crippen LogP contribution in [-0.4, -0.2) is 15.5 Å². The molecule has 5 heteroatoms. The Balaban J connectivity index is 2.31. The molecular weight excluding hydrogens is 272 g/mol. The van der Waals surface area contributed by atoms with E-state index in [0.717, 1.165) is 5.56 Å². The topological polar surface area (TPSA) is 61.2 Å². The Morgan fingerprint density at radius 1 is 1.05 bits per heavy atom.